The Morgan fingerprint density at radius 2 is 2.10 bits per heavy atom. The second kappa shape index (κ2) is 8.78. The minimum Gasteiger partial charge on any atom is -0.374 e. The number of para-hydroxylation sites is 1. The fraction of sp³-hybridized carbons (Fsp3) is 0.462. The van der Waals surface area contributed by atoms with Crippen LogP contribution in [0.2, 0.25) is 10.0 Å². The third-order valence-electron chi connectivity index (χ3n) is 3.08. The van der Waals surface area contributed by atoms with Crippen LogP contribution in [0.5, 0.6) is 0 Å². The molecular formula is C13H18Cl3N3O2. The van der Waals surface area contributed by atoms with E-state index in [4.69, 9.17) is 33.7 Å². The van der Waals surface area contributed by atoms with E-state index < -0.39 is 0 Å². The second-order valence-corrected chi connectivity index (χ2v) is 5.42. The van der Waals surface area contributed by atoms with E-state index in [1.165, 1.54) is 0 Å². The first-order valence-electron chi connectivity index (χ1n) is 6.38. The number of anilines is 1. The van der Waals surface area contributed by atoms with Gasteiger partial charge in [-0.2, -0.15) is 0 Å². The second-order valence-electron chi connectivity index (χ2n) is 4.61. The van der Waals surface area contributed by atoms with Gasteiger partial charge < -0.3 is 15.8 Å². The number of nitrogens with zero attached hydrogens (tertiary/aromatic N) is 1. The van der Waals surface area contributed by atoms with Crippen molar-refractivity contribution in [3.63, 3.8) is 0 Å². The maximum atomic E-state index is 12.0. The van der Waals surface area contributed by atoms with E-state index in [1.807, 2.05) is 4.90 Å². The SMILES string of the molecule is Cl.NCC1CN(CC(=O)Nc2c(Cl)cccc2Cl)CCO1. The summed E-state index contributed by atoms with van der Waals surface area (Å²) < 4.78 is 5.45. The van der Waals surface area contributed by atoms with Crippen molar-refractivity contribution in [3.05, 3.63) is 28.2 Å². The Kier molecular flexibility index (Phi) is 7.73. The summed E-state index contributed by atoms with van der Waals surface area (Å²) in [5, 5.41) is 3.59. The van der Waals surface area contributed by atoms with E-state index in [1.54, 1.807) is 18.2 Å². The summed E-state index contributed by atoms with van der Waals surface area (Å²) in [6, 6.07) is 5.10. The molecule has 3 N–H and O–H groups in total. The lowest BCUT2D eigenvalue weighted by molar-refractivity contribution is -0.119. The van der Waals surface area contributed by atoms with Gasteiger partial charge in [-0.05, 0) is 12.1 Å². The molecule has 21 heavy (non-hydrogen) atoms. The maximum absolute atomic E-state index is 12.0. The highest BCUT2D eigenvalue weighted by molar-refractivity contribution is 6.39. The van der Waals surface area contributed by atoms with Crippen LogP contribution in [0.15, 0.2) is 18.2 Å². The molecule has 1 heterocycles. The molecule has 1 aromatic rings. The third kappa shape index (κ3) is 5.29. The van der Waals surface area contributed by atoms with Gasteiger partial charge >= 0.3 is 0 Å². The largest absolute Gasteiger partial charge is 0.374 e. The molecule has 0 radical (unpaired) electrons. The lowest BCUT2D eigenvalue weighted by Gasteiger charge is -2.31. The minimum absolute atomic E-state index is 0. The first-order chi connectivity index (χ1) is 9.60. The lowest BCUT2D eigenvalue weighted by Crippen LogP contribution is -2.48. The van der Waals surface area contributed by atoms with E-state index in [0.717, 1.165) is 0 Å². The zero-order valence-corrected chi connectivity index (χ0v) is 13.7. The third-order valence-corrected chi connectivity index (χ3v) is 3.71. The number of amides is 1. The molecule has 1 fully saturated rings. The van der Waals surface area contributed by atoms with Crippen molar-refractivity contribution >= 4 is 47.2 Å². The molecule has 1 atom stereocenters. The molecule has 1 saturated heterocycles. The summed E-state index contributed by atoms with van der Waals surface area (Å²) in [4.78, 5) is 14.0. The van der Waals surface area contributed by atoms with Crippen molar-refractivity contribution in [2.75, 3.05) is 38.1 Å². The van der Waals surface area contributed by atoms with E-state index >= 15 is 0 Å². The van der Waals surface area contributed by atoms with Crippen molar-refractivity contribution in [2.24, 2.45) is 5.73 Å². The Balaban J connectivity index is 0.00000220. The van der Waals surface area contributed by atoms with Gasteiger partial charge in [0, 0.05) is 19.6 Å². The highest BCUT2D eigenvalue weighted by Gasteiger charge is 2.21. The highest BCUT2D eigenvalue weighted by Crippen LogP contribution is 2.29. The van der Waals surface area contributed by atoms with Gasteiger partial charge in [-0.3, -0.25) is 9.69 Å². The van der Waals surface area contributed by atoms with Crippen LogP contribution < -0.4 is 11.1 Å². The molecule has 1 aromatic carbocycles. The normalized spacial score (nSPS) is 18.9. The molecule has 0 saturated carbocycles. The number of hydrogen-bond donors (Lipinski definition) is 2. The molecule has 118 valence electrons. The molecule has 5 nitrogen and oxygen atoms in total. The first kappa shape index (κ1) is 18.5. The van der Waals surface area contributed by atoms with Gasteiger partial charge in [0.2, 0.25) is 5.91 Å². The predicted molar refractivity (Wildman–Crippen MR) is 87.6 cm³/mol. The van der Waals surface area contributed by atoms with Gasteiger partial charge in [0.1, 0.15) is 0 Å². The van der Waals surface area contributed by atoms with Crippen LogP contribution in [-0.4, -0.2) is 49.7 Å². The monoisotopic (exact) mass is 353 g/mol. The summed E-state index contributed by atoms with van der Waals surface area (Å²) >= 11 is 12.0. The van der Waals surface area contributed by atoms with Crippen molar-refractivity contribution in [1.82, 2.24) is 4.90 Å². The van der Waals surface area contributed by atoms with Gasteiger partial charge in [-0.1, -0.05) is 29.3 Å². The van der Waals surface area contributed by atoms with Crippen molar-refractivity contribution < 1.29 is 9.53 Å². The average molecular weight is 355 g/mol. The van der Waals surface area contributed by atoms with Crippen LogP contribution in [0, 0.1) is 0 Å². The van der Waals surface area contributed by atoms with Crippen LogP contribution in [0.1, 0.15) is 0 Å². The number of carbonyl (C=O) groups is 1. The van der Waals surface area contributed by atoms with Crippen molar-refractivity contribution in [3.8, 4) is 0 Å². The number of morpholine rings is 1. The van der Waals surface area contributed by atoms with E-state index in [2.05, 4.69) is 5.32 Å². The maximum Gasteiger partial charge on any atom is 0.238 e. The number of nitrogens with one attached hydrogen (secondary N) is 1. The summed E-state index contributed by atoms with van der Waals surface area (Å²) in [5.41, 5.74) is 6.02. The Hall–Kier alpha value is -0.560. The molecule has 0 spiro atoms. The van der Waals surface area contributed by atoms with Crippen LogP contribution in [0.4, 0.5) is 5.69 Å². The quantitative estimate of drug-likeness (QED) is 0.868. The number of ether oxygens (including phenoxy) is 1. The van der Waals surface area contributed by atoms with Crippen molar-refractivity contribution in [2.45, 2.75) is 6.10 Å². The van der Waals surface area contributed by atoms with Gasteiger partial charge in [-0.15, -0.1) is 12.4 Å². The first-order valence-corrected chi connectivity index (χ1v) is 7.13. The van der Waals surface area contributed by atoms with Gasteiger partial charge in [0.25, 0.3) is 0 Å². The Morgan fingerprint density at radius 1 is 1.43 bits per heavy atom. The van der Waals surface area contributed by atoms with Crippen molar-refractivity contribution in [1.29, 1.82) is 0 Å². The zero-order valence-electron chi connectivity index (χ0n) is 11.4. The molecule has 1 unspecified atom stereocenters. The Labute approximate surface area is 140 Å². The summed E-state index contributed by atoms with van der Waals surface area (Å²) in [7, 11) is 0. The van der Waals surface area contributed by atoms with Crippen LogP contribution in [-0.2, 0) is 9.53 Å². The molecule has 1 amide bonds. The van der Waals surface area contributed by atoms with E-state index in [0.29, 0.717) is 42.0 Å². The fourth-order valence-electron chi connectivity index (χ4n) is 2.07. The number of carbonyl (C=O) groups excluding carboxylic acids is 1. The van der Waals surface area contributed by atoms with Crippen LogP contribution in [0.25, 0.3) is 0 Å². The average Bonchev–Trinajstić information content (AvgIpc) is 2.43. The molecule has 0 aromatic heterocycles. The summed E-state index contributed by atoms with van der Waals surface area (Å²) in [6.45, 7) is 2.66. The van der Waals surface area contributed by atoms with Gasteiger partial charge in [0.05, 0.1) is 35.0 Å². The van der Waals surface area contributed by atoms with E-state index in [-0.39, 0.29) is 31.0 Å². The highest BCUT2D eigenvalue weighted by atomic mass is 35.5. The molecule has 1 aliphatic rings. The smallest absolute Gasteiger partial charge is 0.238 e. The minimum atomic E-state index is -0.155. The predicted octanol–water partition coefficient (Wildman–Crippen LogP) is 2.01. The number of benzene rings is 1. The lowest BCUT2D eigenvalue weighted by atomic mass is 10.2. The molecule has 2 rings (SSSR count). The molecule has 8 heteroatoms. The fourth-order valence-corrected chi connectivity index (χ4v) is 2.56. The number of rotatable bonds is 4. The zero-order chi connectivity index (χ0) is 14.5. The number of hydrogen-bond acceptors (Lipinski definition) is 4. The standard InChI is InChI=1S/C13H17Cl2N3O2.ClH/c14-10-2-1-3-11(15)13(10)17-12(19)8-18-4-5-20-9(6-16)7-18;/h1-3,9H,4-8,16H2,(H,17,19);1H. The van der Waals surface area contributed by atoms with E-state index in [9.17, 15) is 4.79 Å². The Bertz CT molecular complexity index is 467. The Morgan fingerprint density at radius 3 is 2.71 bits per heavy atom. The van der Waals surface area contributed by atoms with Gasteiger partial charge in [0.15, 0.2) is 0 Å². The molecule has 0 bridgehead atoms. The molecule has 0 aliphatic carbocycles. The topological polar surface area (TPSA) is 67.6 Å². The summed E-state index contributed by atoms with van der Waals surface area (Å²) in [6.07, 6.45) is -0.0135. The van der Waals surface area contributed by atoms with Crippen LogP contribution >= 0.6 is 35.6 Å². The van der Waals surface area contributed by atoms with Gasteiger partial charge in [-0.25, -0.2) is 0 Å². The number of halogens is 3. The molecule has 1 aliphatic heterocycles. The summed E-state index contributed by atoms with van der Waals surface area (Å²) in [5.74, 6) is -0.155. The van der Waals surface area contributed by atoms with Crippen LogP contribution in [0.3, 0.4) is 0 Å². The number of nitrogens with two attached hydrogens (primary N) is 1. The molecular weight excluding hydrogens is 337 g/mol.